The number of amides is 2. The molecule has 0 saturated carbocycles. The summed E-state index contributed by atoms with van der Waals surface area (Å²) < 4.78 is 18.9. The van der Waals surface area contributed by atoms with Gasteiger partial charge in [0.2, 0.25) is 5.91 Å². The molecule has 0 saturated heterocycles. The highest BCUT2D eigenvalue weighted by Crippen LogP contribution is 2.16. The van der Waals surface area contributed by atoms with Gasteiger partial charge in [-0.1, -0.05) is 15.9 Å². The molecule has 8 heteroatoms. The van der Waals surface area contributed by atoms with E-state index in [0.717, 1.165) is 6.07 Å². The maximum absolute atomic E-state index is 13.6. The van der Waals surface area contributed by atoms with Gasteiger partial charge in [0.05, 0.1) is 5.56 Å². The number of hydrogen-bond donors (Lipinski definition) is 2. The smallest absolute Gasteiger partial charge is 0.341 e. The average Bonchev–Trinajstić information content (AvgIpc) is 2.54. The Hall–Kier alpha value is -2.74. The summed E-state index contributed by atoms with van der Waals surface area (Å²) in [5.41, 5.74) is 0.795. The lowest BCUT2D eigenvalue weighted by atomic mass is 10.2. The Morgan fingerprint density at radius 2 is 1.64 bits per heavy atom. The largest absolute Gasteiger partial charge is 0.452 e. The molecule has 2 N–H and O–H groups in total. The molecule has 6 nitrogen and oxygen atoms in total. The van der Waals surface area contributed by atoms with Crippen LogP contribution >= 0.6 is 15.9 Å². The Balaban J connectivity index is 1.87. The van der Waals surface area contributed by atoms with Crippen LogP contribution in [-0.4, -0.2) is 24.4 Å². The molecular weight excluding hydrogens is 395 g/mol. The van der Waals surface area contributed by atoms with Gasteiger partial charge in [-0.05, 0) is 42.5 Å². The summed E-state index contributed by atoms with van der Waals surface area (Å²) in [5, 5.41) is 5.12. The van der Waals surface area contributed by atoms with E-state index < -0.39 is 24.3 Å². The molecule has 0 radical (unpaired) electrons. The van der Waals surface area contributed by atoms with E-state index >= 15 is 0 Å². The molecule has 0 aromatic heterocycles. The second-order valence-electron chi connectivity index (χ2n) is 5.01. The maximum Gasteiger partial charge on any atom is 0.341 e. The van der Waals surface area contributed by atoms with Crippen LogP contribution in [0.3, 0.4) is 0 Å². The quantitative estimate of drug-likeness (QED) is 0.742. The molecule has 2 aromatic rings. The molecule has 0 bridgehead atoms. The summed E-state index contributed by atoms with van der Waals surface area (Å²) >= 11 is 3.08. The van der Waals surface area contributed by atoms with Crippen LogP contribution in [0.15, 0.2) is 46.9 Å². The summed E-state index contributed by atoms with van der Waals surface area (Å²) in [4.78, 5) is 34.5. The fraction of sp³-hybridized carbons (Fsp3) is 0.118. The van der Waals surface area contributed by atoms with Gasteiger partial charge < -0.3 is 15.4 Å². The van der Waals surface area contributed by atoms with Gasteiger partial charge in [0.1, 0.15) is 5.82 Å². The van der Waals surface area contributed by atoms with Crippen molar-refractivity contribution in [2.24, 2.45) is 0 Å². The molecule has 0 heterocycles. The highest BCUT2D eigenvalue weighted by Gasteiger charge is 2.15. The number of hydrogen-bond acceptors (Lipinski definition) is 4. The zero-order chi connectivity index (χ0) is 18.4. The van der Waals surface area contributed by atoms with E-state index in [9.17, 15) is 18.8 Å². The highest BCUT2D eigenvalue weighted by atomic mass is 79.9. The third-order valence-corrected chi connectivity index (χ3v) is 3.47. The van der Waals surface area contributed by atoms with Crippen molar-refractivity contribution in [1.82, 2.24) is 0 Å². The minimum Gasteiger partial charge on any atom is -0.452 e. The standard InChI is InChI=1S/C17H14BrFN2O4/c1-10(22)20-12-3-5-13(6-4-12)21-16(23)9-25-17(24)14-7-2-11(18)8-15(14)19/h2-8H,9H2,1H3,(H,20,22)(H,21,23). The van der Waals surface area contributed by atoms with Gasteiger partial charge in [0.25, 0.3) is 5.91 Å². The van der Waals surface area contributed by atoms with E-state index in [1.807, 2.05) is 0 Å². The number of benzene rings is 2. The van der Waals surface area contributed by atoms with Gasteiger partial charge in [-0.25, -0.2) is 9.18 Å². The molecule has 2 aromatic carbocycles. The molecular formula is C17H14BrFN2O4. The highest BCUT2D eigenvalue weighted by molar-refractivity contribution is 9.10. The number of nitrogens with one attached hydrogen (secondary N) is 2. The van der Waals surface area contributed by atoms with Crippen LogP contribution in [0.5, 0.6) is 0 Å². The first-order valence-corrected chi connectivity index (χ1v) is 7.94. The van der Waals surface area contributed by atoms with Gasteiger partial charge >= 0.3 is 5.97 Å². The van der Waals surface area contributed by atoms with Crippen LogP contribution in [0, 0.1) is 5.82 Å². The third kappa shape index (κ3) is 5.68. The summed E-state index contributed by atoms with van der Waals surface area (Å²) in [7, 11) is 0. The normalized spacial score (nSPS) is 10.0. The molecule has 0 aliphatic rings. The zero-order valence-corrected chi connectivity index (χ0v) is 14.7. The van der Waals surface area contributed by atoms with Gasteiger partial charge in [0, 0.05) is 22.8 Å². The second kappa shape index (κ2) is 8.39. The summed E-state index contributed by atoms with van der Waals surface area (Å²) in [5.74, 6) is -2.45. The number of rotatable bonds is 5. The number of carbonyl (C=O) groups is 3. The van der Waals surface area contributed by atoms with E-state index in [1.54, 1.807) is 24.3 Å². The van der Waals surface area contributed by atoms with Crippen molar-refractivity contribution in [3.05, 3.63) is 58.3 Å². The molecule has 0 unspecified atom stereocenters. The Kier molecular flexibility index (Phi) is 6.24. The lowest BCUT2D eigenvalue weighted by Gasteiger charge is -2.08. The van der Waals surface area contributed by atoms with E-state index in [-0.39, 0.29) is 11.5 Å². The van der Waals surface area contributed by atoms with E-state index in [2.05, 4.69) is 26.6 Å². The molecule has 25 heavy (non-hydrogen) atoms. The Morgan fingerprint density at radius 3 is 2.20 bits per heavy atom. The summed E-state index contributed by atoms with van der Waals surface area (Å²) in [6, 6.07) is 10.3. The van der Waals surface area contributed by atoms with Crippen molar-refractivity contribution < 1.29 is 23.5 Å². The van der Waals surface area contributed by atoms with Crippen LogP contribution in [0.4, 0.5) is 15.8 Å². The fourth-order valence-corrected chi connectivity index (χ4v) is 2.23. The van der Waals surface area contributed by atoms with E-state index in [0.29, 0.717) is 15.8 Å². The number of anilines is 2. The van der Waals surface area contributed by atoms with Crippen molar-refractivity contribution in [2.45, 2.75) is 6.92 Å². The Bertz CT molecular complexity index is 809. The van der Waals surface area contributed by atoms with Crippen molar-refractivity contribution in [1.29, 1.82) is 0 Å². The topological polar surface area (TPSA) is 84.5 Å². The van der Waals surface area contributed by atoms with Crippen LogP contribution in [0.1, 0.15) is 17.3 Å². The Morgan fingerprint density at radius 1 is 1.04 bits per heavy atom. The zero-order valence-electron chi connectivity index (χ0n) is 13.1. The predicted molar refractivity (Wildman–Crippen MR) is 93.8 cm³/mol. The summed E-state index contributed by atoms with van der Waals surface area (Å²) in [6.07, 6.45) is 0. The monoisotopic (exact) mass is 408 g/mol. The SMILES string of the molecule is CC(=O)Nc1ccc(NC(=O)COC(=O)c2ccc(Br)cc2F)cc1. The van der Waals surface area contributed by atoms with E-state index in [1.165, 1.54) is 19.1 Å². The minimum atomic E-state index is -0.929. The van der Waals surface area contributed by atoms with Gasteiger partial charge in [-0.2, -0.15) is 0 Å². The minimum absolute atomic E-state index is 0.205. The first kappa shape index (κ1) is 18.6. The van der Waals surface area contributed by atoms with Crippen molar-refractivity contribution in [2.75, 3.05) is 17.2 Å². The molecule has 0 fully saturated rings. The number of carbonyl (C=O) groups excluding carboxylic acids is 3. The lowest BCUT2D eigenvalue weighted by Crippen LogP contribution is -2.21. The third-order valence-electron chi connectivity index (χ3n) is 2.97. The number of ether oxygens (including phenoxy) is 1. The molecule has 0 atom stereocenters. The van der Waals surface area contributed by atoms with Crippen LogP contribution < -0.4 is 10.6 Å². The lowest BCUT2D eigenvalue weighted by molar-refractivity contribution is -0.119. The number of esters is 1. The molecule has 0 spiro atoms. The van der Waals surface area contributed by atoms with Crippen molar-refractivity contribution >= 4 is 45.1 Å². The number of halogens is 2. The van der Waals surface area contributed by atoms with Crippen LogP contribution in [-0.2, 0) is 14.3 Å². The van der Waals surface area contributed by atoms with Gasteiger partial charge in [0.15, 0.2) is 6.61 Å². The molecule has 130 valence electrons. The van der Waals surface area contributed by atoms with Crippen molar-refractivity contribution in [3.63, 3.8) is 0 Å². The Labute approximate surface area is 151 Å². The average molecular weight is 409 g/mol. The molecule has 2 rings (SSSR count). The molecule has 0 aliphatic heterocycles. The first-order valence-electron chi connectivity index (χ1n) is 7.15. The van der Waals surface area contributed by atoms with Crippen LogP contribution in [0.25, 0.3) is 0 Å². The van der Waals surface area contributed by atoms with Gasteiger partial charge in [-0.15, -0.1) is 0 Å². The first-order chi connectivity index (χ1) is 11.8. The molecule has 0 aliphatic carbocycles. The predicted octanol–water partition coefficient (Wildman–Crippen LogP) is 3.34. The van der Waals surface area contributed by atoms with Gasteiger partial charge in [-0.3, -0.25) is 9.59 Å². The molecule has 2 amide bonds. The second-order valence-corrected chi connectivity index (χ2v) is 5.92. The summed E-state index contributed by atoms with van der Waals surface area (Å²) in [6.45, 7) is 0.833. The fourth-order valence-electron chi connectivity index (χ4n) is 1.90. The van der Waals surface area contributed by atoms with Crippen molar-refractivity contribution in [3.8, 4) is 0 Å². The van der Waals surface area contributed by atoms with E-state index in [4.69, 9.17) is 4.74 Å². The van der Waals surface area contributed by atoms with Crippen LogP contribution in [0.2, 0.25) is 0 Å². The maximum atomic E-state index is 13.6.